The molecule has 2 fully saturated rings. The van der Waals surface area contributed by atoms with Crippen LogP contribution in [-0.2, 0) is 9.53 Å². The SMILES string of the molecule is CC1CN(C2CC(O)C(CN=[N+]=[N-])O2)C(=O)NC1=O. The van der Waals surface area contributed by atoms with Crippen molar-refractivity contribution < 1.29 is 19.4 Å². The number of urea groups is 1. The minimum Gasteiger partial charge on any atom is -0.390 e. The van der Waals surface area contributed by atoms with Crippen molar-refractivity contribution >= 4 is 11.9 Å². The number of carbonyl (C=O) groups is 2. The van der Waals surface area contributed by atoms with E-state index in [0.717, 1.165) is 0 Å². The lowest BCUT2D eigenvalue weighted by Crippen LogP contribution is -2.57. The van der Waals surface area contributed by atoms with Gasteiger partial charge in [0.1, 0.15) is 6.23 Å². The standard InChI is InChI=1S/C10H15N5O4/c1-5-4-15(10(18)13-9(5)17)8-2-6(16)7(19-8)3-12-14-11/h5-8,16H,2-4H2,1H3,(H,13,17,18). The molecule has 0 aromatic rings. The number of nitrogens with one attached hydrogen (secondary N) is 1. The van der Waals surface area contributed by atoms with Crippen LogP contribution in [0.1, 0.15) is 13.3 Å². The van der Waals surface area contributed by atoms with Gasteiger partial charge in [0.25, 0.3) is 0 Å². The van der Waals surface area contributed by atoms with Crippen LogP contribution in [0.4, 0.5) is 4.79 Å². The second kappa shape index (κ2) is 5.43. The first-order valence-corrected chi connectivity index (χ1v) is 5.98. The van der Waals surface area contributed by atoms with Gasteiger partial charge in [-0.2, -0.15) is 0 Å². The molecule has 0 aliphatic carbocycles. The number of ether oxygens (including phenoxy) is 1. The highest BCUT2D eigenvalue weighted by Crippen LogP contribution is 2.25. The summed E-state index contributed by atoms with van der Waals surface area (Å²) < 4.78 is 5.51. The number of amides is 3. The average Bonchev–Trinajstić information content (AvgIpc) is 2.72. The van der Waals surface area contributed by atoms with Crippen molar-refractivity contribution in [1.29, 1.82) is 0 Å². The van der Waals surface area contributed by atoms with Crippen molar-refractivity contribution in [3.8, 4) is 0 Å². The van der Waals surface area contributed by atoms with Gasteiger partial charge in [-0.15, -0.1) is 0 Å². The van der Waals surface area contributed by atoms with E-state index in [1.807, 2.05) is 0 Å². The van der Waals surface area contributed by atoms with E-state index >= 15 is 0 Å². The molecule has 9 heteroatoms. The fourth-order valence-electron chi connectivity index (χ4n) is 2.20. The summed E-state index contributed by atoms with van der Waals surface area (Å²) >= 11 is 0. The minimum absolute atomic E-state index is 0.0120. The average molecular weight is 269 g/mol. The van der Waals surface area contributed by atoms with E-state index in [2.05, 4.69) is 15.3 Å². The lowest BCUT2D eigenvalue weighted by atomic mass is 10.1. The van der Waals surface area contributed by atoms with Crippen molar-refractivity contribution in [2.24, 2.45) is 11.0 Å². The number of hydrogen-bond acceptors (Lipinski definition) is 5. The van der Waals surface area contributed by atoms with E-state index in [9.17, 15) is 14.7 Å². The van der Waals surface area contributed by atoms with E-state index in [1.54, 1.807) is 6.92 Å². The third-order valence-electron chi connectivity index (χ3n) is 3.29. The predicted molar refractivity (Wildman–Crippen MR) is 62.7 cm³/mol. The first-order valence-electron chi connectivity index (χ1n) is 5.98. The number of aliphatic hydroxyl groups is 1. The molecule has 0 spiro atoms. The molecule has 0 aromatic carbocycles. The summed E-state index contributed by atoms with van der Waals surface area (Å²) in [5.41, 5.74) is 8.24. The topological polar surface area (TPSA) is 128 Å². The zero-order chi connectivity index (χ0) is 14.0. The lowest BCUT2D eigenvalue weighted by molar-refractivity contribution is -0.128. The van der Waals surface area contributed by atoms with Gasteiger partial charge in [0.05, 0.1) is 24.7 Å². The van der Waals surface area contributed by atoms with Gasteiger partial charge in [0.2, 0.25) is 5.91 Å². The van der Waals surface area contributed by atoms with Gasteiger partial charge in [-0.3, -0.25) is 15.0 Å². The van der Waals surface area contributed by atoms with Gasteiger partial charge in [0, 0.05) is 17.9 Å². The van der Waals surface area contributed by atoms with Crippen LogP contribution in [0, 0.1) is 5.92 Å². The maximum absolute atomic E-state index is 11.7. The van der Waals surface area contributed by atoms with Gasteiger partial charge in [-0.05, 0) is 5.53 Å². The number of hydrogen-bond donors (Lipinski definition) is 2. The second-order valence-electron chi connectivity index (χ2n) is 4.69. The highest BCUT2D eigenvalue weighted by Gasteiger charge is 2.41. The number of imide groups is 1. The molecule has 2 aliphatic rings. The van der Waals surface area contributed by atoms with E-state index in [4.69, 9.17) is 10.3 Å². The largest absolute Gasteiger partial charge is 0.390 e. The van der Waals surface area contributed by atoms with Crippen LogP contribution < -0.4 is 5.32 Å². The van der Waals surface area contributed by atoms with Crippen molar-refractivity contribution in [3.05, 3.63) is 10.4 Å². The first-order chi connectivity index (χ1) is 9.02. The van der Waals surface area contributed by atoms with Crippen LogP contribution in [0.15, 0.2) is 5.11 Å². The van der Waals surface area contributed by atoms with Crippen LogP contribution in [0.2, 0.25) is 0 Å². The Morgan fingerprint density at radius 2 is 2.37 bits per heavy atom. The van der Waals surface area contributed by atoms with E-state index in [1.165, 1.54) is 4.90 Å². The predicted octanol–water partition coefficient (Wildman–Crippen LogP) is -0.0395. The molecule has 104 valence electrons. The lowest BCUT2D eigenvalue weighted by Gasteiger charge is -2.34. The van der Waals surface area contributed by atoms with E-state index in [-0.39, 0.29) is 31.3 Å². The minimum atomic E-state index is -0.795. The summed E-state index contributed by atoms with van der Waals surface area (Å²) in [6.45, 7) is 1.96. The molecular formula is C10H15N5O4. The Morgan fingerprint density at radius 1 is 1.63 bits per heavy atom. The highest BCUT2D eigenvalue weighted by atomic mass is 16.5. The Labute approximate surface area is 109 Å². The third kappa shape index (κ3) is 2.78. The molecule has 2 aliphatic heterocycles. The monoisotopic (exact) mass is 269 g/mol. The molecular weight excluding hydrogens is 254 g/mol. The summed E-state index contributed by atoms with van der Waals surface area (Å²) in [6, 6.07) is -0.523. The van der Waals surface area contributed by atoms with Gasteiger partial charge in [-0.1, -0.05) is 12.0 Å². The maximum Gasteiger partial charge on any atom is 0.326 e. The molecule has 9 nitrogen and oxygen atoms in total. The van der Waals surface area contributed by atoms with Crippen LogP contribution in [0.5, 0.6) is 0 Å². The van der Waals surface area contributed by atoms with Crippen molar-refractivity contribution in [2.75, 3.05) is 13.1 Å². The third-order valence-corrected chi connectivity index (χ3v) is 3.29. The molecule has 0 aromatic heterocycles. The number of aliphatic hydroxyl groups excluding tert-OH is 1. The number of rotatable bonds is 3. The Hall–Kier alpha value is -1.83. The van der Waals surface area contributed by atoms with E-state index in [0.29, 0.717) is 0 Å². The summed E-state index contributed by atoms with van der Waals surface area (Å²) in [4.78, 5) is 27.0. The van der Waals surface area contributed by atoms with Crippen LogP contribution in [0.25, 0.3) is 10.4 Å². The molecule has 0 radical (unpaired) electrons. The number of azide groups is 1. The molecule has 19 heavy (non-hydrogen) atoms. The molecule has 2 saturated heterocycles. The summed E-state index contributed by atoms with van der Waals surface area (Å²) in [7, 11) is 0. The molecule has 2 rings (SSSR count). The zero-order valence-electron chi connectivity index (χ0n) is 10.4. The fraction of sp³-hybridized carbons (Fsp3) is 0.800. The van der Waals surface area contributed by atoms with E-state index < -0.39 is 24.5 Å². The fourth-order valence-corrected chi connectivity index (χ4v) is 2.20. The molecule has 4 atom stereocenters. The quantitative estimate of drug-likeness (QED) is 0.423. The molecule has 0 saturated carbocycles. The first kappa shape index (κ1) is 13.6. The van der Waals surface area contributed by atoms with Crippen LogP contribution >= 0.6 is 0 Å². The molecule has 3 amide bonds. The molecule has 2 heterocycles. The normalized spacial score (nSPS) is 34.9. The van der Waals surface area contributed by atoms with Crippen LogP contribution in [0.3, 0.4) is 0 Å². The Balaban J connectivity index is 2.01. The van der Waals surface area contributed by atoms with Gasteiger partial charge < -0.3 is 9.84 Å². The zero-order valence-corrected chi connectivity index (χ0v) is 10.4. The Bertz CT molecular complexity index is 436. The Morgan fingerprint density at radius 3 is 3.05 bits per heavy atom. The molecule has 4 unspecified atom stereocenters. The van der Waals surface area contributed by atoms with Crippen molar-refractivity contribution in [2.45, 2.75) is 31.8 Å². The summed E-state index contributed by atoms with van der Waals surface area (Å²) in [5.74, 6) is -0.639. The Kier molecular flexibility index (Phi) is 3.89. The van der Waals surface area contributed by atoms with Gasteiger partial charge in [0.15, 0.2) is 0 Å². The van der Waals surface area contributed by atoms with Crippen molar-refractivity contribution in [3.63, 3.8) is 0 Å². The van der Waals surface area contributed by atoms with Crippen molar-refractivity contribution in [1.82, 2.24) is 10.2 Å². The summed E-state index contributed by atoms with van der Waals surface area (Å²) in [5, 5.41) is 15.4. The van der Waals surface area contributed by atoms with Crippen LogP contribution in [-0.4, -0.2) is 53.5 Å². The number of carbonyl (C=O) groups excluding carboxylic acids is 2. The van der Waals surface area contributed by atoms with Gasteiger partial charge >= 0.3 is 6.03 Å². The highest BCUT2D eigenvalue weighted by molar-refractivity contribution is 5.97. The summed E-state index contributed by atoms with van der Waals surface area (Å²) in [6.07, 6.45) is -1.79. The number of nitrogens with zero attached hydrogens (tertiary/aromatic N) is 4. The molecule has 0 bridgehead atoms. The smallest absolute Gasteiger partial charge is 0.326 e. The second-order valence-corrected chi connectivity index (χ2v) is 4.69. The maximum atomic E-state index is 11.7. The van der Waals surface area contributed by atoms with Gasteiger partial charge in [-0.25, -0.2) is 4.79 Å². The molecule has 2 N–H and O–H groups in total.